The average Bonchev–Trinajstić information content (AvgIpc) is 2.49. The Hall–Kier alpha value is -1.87. The Bertz CT molecular complexity index is 628. The van der Waals surface area contributed by atoms with Crippen molar-refractivity contribution in [1.82, 2.24) is 4.98 Å². The van der Waals surface area contributed by atoms with Gasteiger partial charge in [-0.3, -0.25) is 0 Å². The largest absolute Gasteiger partial charge is 0.452 e. The van der Waals surface area contributed by atoms with Crippen molar-refractivity contribution < 1.29 is 9.53 Å². The Kier molecular flexibility index (Phi) is 3.70. The third-order valence-electron chi connectivity index (χ3n) is 3.45. The van der Waals surface area contributed by atoms with E-state index in [1.165, 1.54) is 0 Å². The Balaban J connectivity index is 1.83. The van der Waals surface area contributed by atoms with E-state index in [2.05, 4.69) is 4.98 Å². The van der Waals surface area contributed by atoms with Gasteiger partial charge in [-0.1, -0.05) is 35.9 Å². The zero-order valence-corrected chi connectivity index (χ0v) is 11.6. The van der Waals surface area contributed by atoms with Gasteiger partial charge in [-0.05, 0) is 43.0 Å². The molecule has 0 N–H and O–H groups in total. The number of benzene rings is 1. The molecule has 2 aromatic rings. The van der Waals surface area contributed by atoms with E-state index in [0.29, 0.717) is 10.7 Å². The molecule has 0 fully saturated rings. The van der Waals surface area contributed by atoms with Crippen molar-refractivity contribution in [3.63, 3.8) is 0 Å². The Morgan fingerprint density at radius 2 is 2.00 bits per heavy atom. The van der Waals surface area contributed by atoms with Crippen molar-refractivity contribution in [3.05, 3.63) is 64.4 Å². The molecule has 0 radical (unpaired) electrons. The second-order valence-corrected chi connectivity index (χ2v) is 5.22. The lowest BCUT2D eigenvalue weighted by Crippen LogP contribution is -2.18. The summed E-state index contributed by atoms with van der Waals surface area (Å²) in [4.78, 5) is 16.5. The van der Waals surface area contributed by atoms with Gasteiger partial charge in [-0.15, -0.1) is 0 Å². The number of hydrogen-bond donors (Lipinski definition) is 0. The van der Waals surface area contributed by atoms with Gasteiger partial charge in [0, 0.05) is 0 Å². The monoisotopic (exact) mass is 287 g/mol. The third-order valence-corrected chi connectivity index (χ3v) is 3.67. The molecule has 20 heavy (non-hydrogen) atoms. The lowest BCUT2D eigenvalue weighted by Gasteiger charge is -2.24. The van der Waals surface area contributed by atoms with Crippen LogP contribution in [0, 0.1) is 0 Å². The molecule has 1 heterocycles. The molecule has 1 aliphatic rings. The quantitative estimate of drug-likeness (QED) is 0.620. The second kappa shape index (κ2) is 5.63. The number of halogens is 1. The van der Waals surface area contributed by atoms with E-state index in [0.717, 1.165) is 30.5 Å². The van der Waals surface area contributed by atoms with Crippen molar-refractivity contribution in [2.75, 3.05) is 0 Å². The standard InChI is InChI=1S/C16H14ClNO2/c17-14-10-9-11-7-4-8-13(15(11)18-14)20-16(19)12-5-2-1-3-6-12/h1-3,5-6,9-10,13H,4,7-8H2/t13-/m1/s1. The van der Waals surface area contributed by atoms with Crippen LogP contribution in [0.4, 0.5) is 0 Å². The topological polar surface area (TPSA) is 39.2 Å². The smallest absolute Gasteiger partial charge is 0.338 e. The summed E-state index contributed by atoms with van der Waals surface area (Å²) < 4.78 is 5.60. The minimum Gasteiger partial charge on any atom is -0.452 e. The van der Waals surface area contributed by atoms with Gasteiger partial charge >= 0.3 is 5.97 Å². The van der Waals surface area contributed by atoms with E-state index in [1.54, 1.807) is 18.2 Å². The summed E-state index contributed by atoms with van der Waals surface area (Å²) in [5.41, 5.74) is 2.47. The van der Waals surface area contributed by atoms with E-state index < -0.39 is 0 Å². The molecule has 4 heteroatoms. The summed E-state index contributed by atoms with van der Waals surface area (Å²) in [7, 11) is 0. The van der Waals surface area contributed by atoms with Gasteiger partial charge in [0.05, 0.1) is 11.3 Å². The first-order valence-electron chi connectivity index (χ1n) is 6.65. The highest BCUT2D eigenvalue weighted by molar-refractivity contribution is 6.29. The van der Waals surface area contributed by atoms with Gasteiger partial charge < -0.3 is 4.74 Å². The molecule has 0 saturated carbocycles. The predicted molar refractivity (Wildman–Crippen MR) is 76.8 cm³/mol. The van der Waals surface area contributed by atoms with E-state index in [-0.39, 0.29) is 12.1 Å². The molecule has 0 spiro atoms. The Morgan fingerprint density at radius 1 is 1.20 bits per heavy atom. The number of aromatic nitrogens is 1. The molecule has 0 bridgehead atoms. The summed E-state index contributed by atoms with van der Waals surface area (Å²) in [6.45, 7) is 0. The van der Waals surface area contributed by atoms with E-state index in [4.69, 9.17) is 16.3 Å². The number of aryl methyl sites for hydroxylation is 1. The van der Waals surface area contributed by atoms with Crippen molar-refractivity contribution in [1.29, 1.82) is 0 Å². The minimum absolute atomic E-state index is 0.301. The highest BCUT2D eigenvalue weighted by Crippen LogP contribution is 2.32. The van der Waals surface area contributed by atoms with Crippen LogP contribution in [0.2, 0.25) is 5.15 Å². The Morgan fingerprint density at radius 3 is 2.80 bits per heavy atom. The number of hydrogen-bond acceptors (Lipinski definition) is 3. The van der Waals surface area contributed by atoms with Crippen molar-refractivity contribution >= 4 is 17.6 Å². The van der Waals surface area contributed by atoms with Gasteiger partial charge in [-0.2, -0.15) is 0 Å². The van der Waals surface area contributed by atoms with Gasteiger partial charge in [0.25, 0.3) is 0 Å². The van der Waals surface area contributed by atoms with Gasteiger partial charge in [-0.25, -0.2) is 9.78 Å². The van der Waals surface area contributed by atoms with E-state index in [9.17, 15) is 4.79 Å². The first kappa shape index (κ1) is 13.1. The van der Waals surface area contributed by atoms with Crippen LogP contribution in [0.15, 0.2) is 42.5 Å². The van der Waals surface area contributed by atoms with E-state index in [1.807, 2.05) is 24.3 Å². The van der Waals surface area contributed by atoms with Crippen LogP contribution in [-0.4, -0.2) is 11.0 Å². The number of pyridine rings is 1. The van der Waals surface area contributed by atoms with Crippen LogP contribution in [0.5, 0.6) is 0 Å². The van der Waals surface area contributed by atoms with Crippen molar-refractivity contribution in [3.8, 4) is 0 Å². The predicted octanol–water partition coefficient (Wildman–Crippen LogP) is 3.97. The number of carbonyl (C=O) groups is 1. The molecular weight excluding hydrogens is 274 g/mol. The molecule has 3 rings (SSSR count). The van der Waals surface area contributed by atoms with E-state index >= 15 is 0 Å². The normalized spacial score (nSPS) is 17.4. The number of carbonyl (C=O) groups excluding carboxylic acids is 1. The second-order valence-electron chi connectivity index (χ2n) is 4.83. The van der Waals surface area contributed by atoms with Crippen LogP contribution in [0.3, 0.4) is 0 Å². The number of fused-ring (bicyclic) bond motifs is 1. The van der Waals surface area contributed by atoms with Crippen molar-refractivity contribution in [2.24, 2.45) is 0 Å². The zero-order valence-electron chi connectivity index (χ0n) is 10.9. The highest BCUT2D eigenvalue weighted by Gasteiger charge is 2.25. The fourth-order valence-electron chi connectivity index (χ4n) is 2.47. The number of esters is 1. The molecule has 1 atom stereocenters. The summed E-state index contributed by atoms with van der Waals surface area (Å²) >= 11 is 5.94. The summed E-state index contributed by atoms with van der Waals surface area (Å²) in [5, 5.41) is 0.436. The minimum atomic E-state index is -0.315. The fraction of sp³-hybridized carbons (Fsp3) is 0.250. The van der Waals surface area contributed by atoms with Crippen LogP contribution in [-0.2, 0) is 11.2 Å². The molecule has 1 aliphatic carbocycles. The lowest BCUT2D eigenvalue weighted by molar-refractivity contribution is 0.0245. The fourth-order valence-corrected chi connectivity index (χ4v) is 2.62. The maximum atomic E-state index is 12.1. The molecule has 1 aromatic heterocycles. The molecule has 0 saturated heterocycles. The third kappa shape index (κ3) is 2.68. The van der Waals surface area contributed by atoms with Crippen LogP contribution >= 0.6 is 11.6 Å². The van der Waals surface area contributed by atoms with Crippen molar-refractivity contribution in [2.45, 2.75) is 25.4 Å². The van der Waals surface area contributed by atoms with Gasteiger partial charge in [0.2, 0.25) is 0 Å². The molecule has 0 aliphatic heterocycles. The van der Waals surface area contributed by atoms with Gasteiger partial charge in [0.15, 0.2) is 0 Å². The first-order valence-corrected chi connectivity index (χ1v) is 7.03. The molecule has 1 aromatic carbocycles. The van der Waals surface area contributed by atoms with Gasteiger partial charge in [0.1, 0.15) is 11.3 Å². The molecule has 3 nitrogen and oxygen atoms in total. The zero-order chi connectivity index (χ0) is 13.9. The summed E-state index contributed by atoms with van der Waals surface area (Å²) in [5.74, 6) is -0.315. The molecule has 102 valence electrons. The number of ether oxygens (including phenoxy) is 1. The molecule has 0 unspecified atom stereocenters. The Labute approximate surface area is 122 Å². The molecular formula is C16H14ClNO2. The molecule has 0 amide bonds. The summed E-state index contributed by atoms with van der Waals surface area (Å²) in [6, 6.07) is 12.7. The maximum Gasteiger partial charge on any atom is 0.338 e. The summed E-state index contributed by atoms with van der Waals surface area (Å²) in [6.07, 6.45) is 2.44. The number of rotatable bonds is 2. The average molecular weight is 288 g/mol. The van der Waals surface area contributed by atoms with Crippen LogP contribution in [0.1, 0.15) is 40.6 Å². The number of nitrogens with zero attached hydrogens (tertiary/aromatic N) is 1. The highest BCUT2D eigenvalue weighted by atomic mass is 35.5. The first-order chi connectivity index (χ1) is 9.74. The van der Waals surface area contributed by atoms with Crippen LogP contribution < -0.4 is 0 Å². The SMILES string of the molecule is O=C(O[C@@H]1CCCc2ccc(Cl)nc21)c1ccccc1. The lowest BCUT2D eigenvalue weighted by atomic mass is 9.94. The maximum absolute atomic E-state index is 12.1. The van der Waals surface area contributed by atoms with Crippen LogP contribution in [0.25, 0.3) is 0 Å².